The van der Waals surface area contributed by atoms with Crippen LogP contribution in [-0.2, 0) is 20.7 Å². The number of hydrogen-bond donors (Lipinski definition) is 2. The number of nitrogens with zero attached hydrogens (tertiary/aromatic N) is 1. The predicted molar refractivity (Wildman–Crippen MR) is 79.3 cm³/mol. The molecule has 21 heavy (non-hydrogen) atoms. The van der Waals surface area contributed by atoms with Crippen LogP contribution in [0.25, 0.3) is 0 Å². The van der Waals surface area contributed by atoms with Crippen molar-refractivity contribution in [3.8, 4) is 0 Å². The molecule has 0 aliphatic carbocycles. The van der Waals surface area contributed by atoms with Gasteiger partial charge in [-0.3, -0.25) is 4.79 Å². The Kier molecular flexibility index (Phi) is 2.83. The number of benzene rings is 1. The van der Waals surface area contributed by atoms with Gasteiger partial charge in [-0.2, -0.15) is 0 Å². The third-order valence-corrected chi connectivity index (χ3v) is 4.45. The summed E-state index contributed by atoms with van der Waals surface area (Å²) >= 11 is 0. The molecule has 1 spiro atoms. The molecule has 2 saturated heterocycles. The fourth-order valence-corrected chi connectivity index (χ4v) is 3.48. The molecule has 3 heterocycles. The summed E-state index contributed by atoms with van der Waals surface area (Å²) in [6.07, 6.45) is 2.34. The number of fused-ring (bicyclic) bond motifs is 1. The summed E-state index contributed by atoms with van der Waals surface area (Å²) < 4.78 is 11.6. The van der Waals surface area contributed by atoms with Gasteiger partial charge in [0.25, 0.3) is 0 Å². The molecule has 0 radical (unpaired) electrons. The van der Waals surface area contributed by atoms with E-state index in [9.17, 15) is 4.79 Å². The first-order valence-electron chi connectivity index (χ1n) is 7.40. The van der Waals surface area contributed by atoms with E-state index in [0.29, 0.717) is 31.9 Å². The number of nitrogens with two attached hydrogens (primary N) is 1. The van der Waals surface area contributed by atoms with Gasteiger partial charge in [0.05, 0.1) is 37.6 Å². The van der Waals surface area contributed by atoms with Crippen LogP contribution in [0, 0.1) is 0 Å². The molecule has 6 heteroatoms. The minimum Gasteiger partial charge on any atom is -0.397 e. The number of anilines is 3. The van der Waals surface area contributed by atoms with Crippen LogP contribution in [0.1, 0.15) is 18.4 Å². The Labute approximate surface area is 123 Å². The summed E-state index contributed by atoms with van der Waals surface area (Å²) in [5, 5.41) is 2.88. The molecule has 112 valence electrons. The van der Waals surface area contributed by atoms with Gasteiger partial charge in [0.1, 0.15) is 0 Å². The highest BCUT2D eigenvalue weighted by Gasteiger charge is 2.41. The van der Waals surface area contributed by atoms with E-state index in [0.717, 1.165) is 36.3 Å². The van der Waals surface area contributed by atoms with E-state index in [4.69, 9.17) is 15.2 Å². The quantitative estimate of drug-likeness (QED) is 0.757. The molecule has 4 rings (SSSR count). The number of piperidine rings is 1. The zero-order valence-electron chi connectivity index (χ0n) is 11.9. The molecule has 0 bridgehead atoms. The zero-order chi connectivity index (χ0) is 14.4. The first kappa shape index (κ1) is 12.9. The number of amides is 1. The van der Waals surface area contributed by atoms with E-state index in [1.54, 1.807) is 0 Å². The molecule has 0 atom stereocenters. The molecule has 2 fully saturated rings. The van der Waals surface area contributed by atoms with Crippen LogP contribution < -0.4 is 16.0 Å². The SMILES string of the molecule is Nc1cc2c(cc1N1CCCC3(C1)OCCO3)NC(=O)C2. The normalized spacial score (nSPS) is 23.4. The lowest BCUT2D eigenvalue weighted by Gasteiger charge is -2.40. The second-order valence-corrected chi connectivity index (χ2v) is 5.93. The fourth-order valence-electron chi connectivity index (χ4n) is 3.48. The summed E-state index contributed by atoms with van der Waals surface area (Å²) in [7, 11) is 0. The van der Waals surface area contributed by atoms with Crippen LogP contribution in [0.2, 0.25) is 0 Å². The molecular weight excluding hydrogens is 270 g/mol. The van der Waals surface area contributed by atoms with Crippen molar-refractivity contribution in [2.75, 3.05) is 42.3 Å². The zero-order valence-corrected chi connectivity index (χ0v) is 11.9. The molecule has 1 amide bonds. The molecule has 1 aromatic carbocycles. The number of nitrogen functional groups attached to an aromatic ring is 1. The molecule has 0 unspecified atom stereocenters. The van der Waals surface area contributed by atoms with E-state index < -0.39 is 5.79 Å². The van der Waals surface area contributed by atoms with Crippen LogP contribution in [0.5, 0.6) is 0 Å². The lowest BCUT2D eigenvalue weighted by atomic mass is 10.0. The van der Waals surface area contributed by atoms with Gasteiger partial charge in [-0.15, -0.1) is 0 Å². The maximum absolute atomic E-state index is 11.5. The maximum atomic E-state index is 11.5. The Bertz CT molecular complexity index is 596. The molecule has 0 aromatic heterocycles. The Morgan fingerprint density at radius 1 is 1.29 bits per heavy atom. The summed E-state index contributed by atoms with van der Waals surface area (Å²) in [5.74, 6) is -0.452. The Hall–Kier alpha value is -1.79. The number of ether oxygens (including phenoxy) is 2. The molecule has 3 aliphatic rings. The Morgan fingerprint density at radius 2 is 2.10 bits per heavy atom. The monoisotopic (exact) mass is 289 g/mol. The number of rotatable bonds is 1. The van der Waals surface area contributed by atoms with Gasteiger partial charge in [-0.05, 0) is 24.1 Å². The second-order valence-electron chi connectivity index (χ2n) is 5.93. The molecule has 0 saturated carbocycles. The van der Waals surface area contributed by atoms with Crippen molar-refractivity contribution in [2.24, 2.45) is 0 Å². The van der Waals surface area contributed by atoms with Gasteiger partial charge in [-0.25, -0.2) is 0 Å². The molecular formula is C15H19N3O3. The second kappa shape index (κ2) is 4.61. The highest BCUT2D eigenvalue weighted by Crippen LogP contribution is 2.38. The predicted octanol–water partition coefficient (Wildman–Crippen LogP) is 1.11. The standard InChI is InChI=1S/C15H19N3O3/c16-11-6-10-7-14(19)17-12(10)8-13(11)18-3-1-2-15(9-18)20-4-5-21-15/h6,8H,1-5,7,9,16H2,(H,17,19). The van der Waals surface area contributed by atoms with E-state index in [2.05, 4.69) is 10.2 Å². The largest absolute Gasteiger partial charge is 0.397 e. The Morgan fingerprint density at radius 3 is 2.90 bits per heavy atom. The first-order valence-corrected chi connectivity index (χ1v) is 7.40. The fraction of sp³-hybridized carbons (Fsp3) is 0.533. The van der Waals surface area contributed by atoms with Crippen LogP contribution in [0.4, 0.5) is 17.1 Å². The number of hydrogen-bond acceptors (Lipinski definition) is 5. The molecule has 1 aromatic rings. The number of carbonyl (C=O) groups excluding carboxylic acids is 1. The van der Waals surface area contributed by atoms with E-state index >= 15 is 0 Å². The van der Waals surface area contributed by atoms with Crippen molar-refractivity contribution in [1.29, 1.82) is 0 Å². The van der Waals surface area contributed by atoms with E-state index in [1.807, 2.05) is 12.1 Å². The van der Waals surface area contributed by atoms with Crippen molar-refractivity contribution in [3.05, 3.63) is 17.7 Å². The number of carbonyl (C=O) groups is 1. The summed E-state index contributed by atoms with van der Waals surface area (Å²) in [5.41, 5.74) is 9.70. The van der Waals surface area contributed by atoms with Crippen molar-refractivity contribution in [3.63, 3.8) is 0 Å². The highest BCUT2D eigenvalue weighted by molar-refractivity contribution is 6.00. The average Bonchev–Trinajstić information content (AvgIpc) is 3.04. The minimum absolute atomic E-state index is 0.0270. The Balaban J connectivity index is 1.64. The van der Waals surface area contributed by atoms with Crippen LogP contribution in [0.15, 0.2) is 12.1 Å². The molecule has 6 nitrogen and oxygen atoms in total. The van der Waals surface area contributed by atoms with Gasteiger partial charge < -0.3 is 25.4 Å². The van der Waals surface area contributed by atoms with Crippen molar-refractivity contribution >= 4 is 23.0 Å². The smallest absolute Gasteiger partial charge is 0.228 e. The number of nitrogens with one attached hydrogen (secondary N) is 1. The lowest BCUT2D eigenvalue weighted by molar-refractivity contribution is -0.161. The first-order chi connectivity index (χ1) is 10.2. The van der Waals surface area contributed by atoms with Crippen LogP contribution in [0.3, 0.4) is 0 Å². The third-order valence-electron chi connectivity index (χ3n) is 4.45. The van der Waals surface area contributed by atoms with Crippen LogP contribution in [-0.4, -0.2) is 38.0 Å². The molecule has 3 aliphatic heterocycles. The molecule has 3 N–H and O–H groups in total. The van der Waals surface area contributed by atoms with Gasteiger partial charge >= 0.3 is 0 Å². The topological polar surface area (TPSA) is 76.8 Å². The van der Waals surface area contributed by atoms with Gasteiger partial charge in [0.15, 0.2) is 5.79 Å². The van der Waals surface area contributed by atoms with E-state index in [-0.39, 0.29) is 5.91 Å². The van der Waals surface area contributed by atoms with Crippen molar-refractivity contribution in [2.45, 2.75) is 25.0 Å². The minimum atomic E-state index is -0.479. The van der Waals surface area contributed by atoms with Crippen molar-refractivity contribution in [1.82, 2.24) is 0 Å². The van der Waals surface area contributed by atoms with Gasteiger partial charge in [0, 0.05) is 18.7 Å². The summed E-state index contributed by atoms with van der Waals surface area (Å²) in [6.45, 7) is 2.92. The third kappa shape index (κ3) is 2.15. The summed E-state index contributed by atoms with van der Waals surface area (Å²) in [4.78, 5) is 13.7. The van der Waals surface area contributed by atoms with Crippen molar-refractivity contribution < 1.29 is 14.3 Å². The maximum Gasteiger partial charge on any atom is 0.228 e. The average molecular weight is 289 g/mol. The summed E-state index contributed by atoms with van der Waals surface area (Å²) in [6, 6.07) is 3.88. The lowest BCUT2D eigenvalue weighted by Crippen LogP contribution is -2.49. The van der Waals surface area contributed by atoms with Gasteiger partial charge in [-0.1, -0.05) is 0 Å². The van der Waals surface area contributed by atoms with Gasteiger partial charge in [0.2, 0.25) is 5.91 Å². The van der Waals surface area contributed by atoms with Crippen LogP contribution >= 0.6 is 0 Å². The highest BCUT2D eigenvalue weighted by atomic mass is 16.7. The van der Waals surface area contributed by atoms with E-state index in [1.165, 1.54) is 0 Å².